The van der Waals surface area contributed by atoms with Crippen molar-refractivity contribution < 1.29 is 14.3 Å². The SMILES string of the molecule is CC(C)(C)OC(=O)N(CCCNC(=O)Cc1ccc(Cl)cc1)Cc1cccnc1. The second-order valence-corrected chi connectivity index (χ2v) is 8.21. The molecule has 0 aliphatic rings. The molecule has 0 bridgehead atoms. The average molecular weight is 418 g/mol. The highest BCUT2D eigenvalue weighted by atomic mass is 35.5. The molecule has 6 nitrogen and oxygen atoms in total. The number of benzene rings is 1. The Balaban J connectivity index is 1.83. The molecule has 1 aromatic carbocycles. The maximum absolute atomic E-state index is 12.5. The molecule has 0 aliphatic heterocycles. The molecule has 1 heterocycles. The summed E-state index contributed by atoms with van der Waals surface area (Å²) in [5.74, 6) is -0.0663. The molecular formula is C22H28ClN3O3. The number of amides is 2. The van der Waals surface area contributed by atoms with E-state index in [2.05, 4.69) is 10.3 Å². The van der Waals surface area contributed by atoms with Crippen molar-refractivity contribution in [3.63, 3.8) is 0 Å². The average Bonchev–Trinajstić information content (AvgIpc) is 2.65. The second kappa shape index (κ2) is 10.8. The summed E-state index contributed by atoms with van der Waals surface area (Å²) >= 11 is 5.86. The van der Waals surface area contributed by atoms with Gasteiger partial charge in [-0.15, -0.1) is 0 Å². The summed E-state index contributed by atoms with van der Waals surface area (Å²) < 4.78 is 5.51. The van der Waals surface area contributed by atoms with Gasteiger partial charge in [0.05, 0.1) is 13.0 Å². The van der Waals surface area contributed by atoms with Crippen LogP contribution in [0.25, 0.3) is 0 Å². The first-order valence-electron chi connectivity index (χ1n) is 9.61. The van der Waals surface area contributed by atoms with E-state index in [9.17, 15) is 9.59 Å². The number of nitrogens with one attached hydrogen (secondary N) is 1. The van der Waals surface area contributed by atoms with E-state index in [4.69, 9.17) is 16.3 Å². The number of carbonyl (C=O) groups is 2. The predicted molar refractivity (Wildman–Crippen MR) is 114 cm³/mol. The number of nitrogens with zero attached hydrogens (tertiary/aromatic N) is 2. The molecule has 0 saturated heterocycles. The third-order valence-electron chi connectivity index (χ3n) is 3.95. The van der Waals surface area contributed by atoms with Crippen LogP contribution in [0.3, 0.4) is 0 Å². The highest BCUT2D eigenvalue weighted by Crippen LogP contribution is 2.13. The van der Waals surface area contributed by atoms with Gasteiger partial charge in [0.2, 0.25) is 5.91 Å². The first-order valence-corrected chi connectivity index (χ1v) is 9.99. The van der Waals surface area contributed by atoms with Crippen LogP contribution in [0, 0.1) is 0 Å². The maximum Gasteiger partial charge on any atom is 0.410 e. The summed E-state index contributed by atoms with van der Waals surface area (Å²) in [5, 5.41) is 3.53. The van der Waals surface area contributed by atoms with Crippen molar-refractivity contribution in [2.75, 3.05) is 13.1 Å². The van der Waals surface area contributed by atoms with Gasteiger partial charge in [0.25, 0.3) is 0 Å². The highest BCUT2D eigenvalue weighted by molar-refractivity contribution is 6.30. The molecule has 0 radical (unpaired) electrons. The zero-order valence-electron chi connectivity index (χ0n) is 17.2. The van der Waals surface area contributed by atoms with Crippen LogP contribution in [-0.2, 0) is 22.5 Å². The van der Waals surface area contributed by atoms with E-state index >= 15 is 0 Å². The van der Waals surface area contributed by atoms with Gasteiger partial charge in [-0.2, -0.15) is 0 Å². The molecule has 0 saturated carbocycles. The van der Waals surface area contributed by atoms with Crippen LogP contribution in [0.15, 0.2) is 48.8 Å². The molecule has 0 aliphatic carbocycles. The van der Waals surface area contributed by atoms with Gasteiger partial charge in [-0.3, -0.25) is 9.78 Å². The van der Waals surface area contributed by atoms with Crippen LogP contribution in [0.2, 0.25) is 5.02 Å². The van der Waals surface area contributed by atoms with Crippen molar-refractivity contribution in [2.45, 2.75) is 45.8 Å². The van der Waals surface area contributed by atoms with Crippen LogP contribution in [0.1, 0.15) is 38.3 Å². The lowest BCUT2D eigenvalue weighted by Crippen LogP contribution is -2.38. The van der Waals surface area contributed by atoms with Gasteiger partial charge < -0.3 is 15.0 Å². The number of halogens is 1. The van der Waals surface area contributed by atoms with Crippen LogP contribution in [-0.4, -0.2) is 40.6 Å². The molecule has 1 N–H and O–H groups in total. The number of carbonyl (C=O) groups excluding carboxylic acids is 2. The van der Waals surface area contributed by atoms with E-state index < -0.39 is 5.60 Å². The van der Waals surface area contributed by atoms with Crippen molar-refractivity contribution in [1.82, 2.24) is 15.2 Å². The van der Waals surface area contributed by atoms with E-state index in [0.29, 0.717) is 37.5 Å². The Morgan fingerprint density at radius 3 is 2.48 bits per heavy atom. The van der Waals surface area contributed by atoms with Crippen LogP contribution in [0.4, 0.5) is 4.79 Å². The fourth-order valence-corrected chi connectivity index (χ4v) is 2.75. The summed E-state index contributed by atoms with van der Waals surface area (Å²) in [7, 11) is 0. The summed E-state index contributed by atoms with van der Waals surface area (Å²) in [4.78, 5) is 30.4. The highest BCUT2D eigenvalue weighted by Gasteiger charge is 2.22. The Morgan fingerprint density at radius 2 is 1.86 bits per heavy atom. The van der Waals surface area contributed by atoms with Gasteiger partial charge in [0.15, 0.2) is 0 Å². The zero-order chi connectivity index (χ0) is 21.3. The smallest absolute Gasteiger partial charge is 0.410 e. The van der Waals surface area contributed by atoms with E-state index in [-0.39, 0.29) is 12.0 Å². The standard InChI is InChI=1S/C22H28ClN3O3/c1-22(2,3)29-21(28)26(16-18-6-4-11-24-15-18)13-5-12-25-20(27)14-17-7-9-19(23)10-8-17/h4,6-11,15H,5,12-14,16H2,1-3H3,(H,25,27). The fourth-order valence-electron chi connectivity index (χ4n) is 2.62. The zero-order valence-corrected chi connectivity index (χ0v) is 17.9. The Morgan fingerprint density at radius 1 is 1.14 bits per heavy atom. The van der Waals surface area contributed by atoms with Crippen molar-refractivity contribution in [3.8, 4) is 0 Å². The summed E-state index contributed by atoms with van der Waals surface area (Å²) in [5.41, 5.74) is 1.25. The summed E-state index contributed by atoms with van der Waals surface area (Å²) in [6.45, 7) is 6.85. The molecule has 156 valence electrons. The minimum Gasteiger partial charge on any atom is -0.444 e. The fraction of sp³-hybridized carbons (Fsp3) is 0.409. The van der Waals surface area contributed by atoms with E-state index in [0.717, 1.165) is 11.1 Å². The Labute approximate surface area is 177 Å². The minimum atomic E-state index is -0.572. The third kappa shape index (κ3) is 8.96. The number of pyridine rings is 1. The largest absolute Gasteiger partial charge is 0.444 e. The van der Waals surface area contributed by atoms with Crippen LogP contribution < -0.4 is 5.32 Å². The Hall–Kier alpha value is -2.60. The predicted octanol–water partition coefficient (Wildman–Crippen LogP) is 4.22. The molecule has 1 aromatic heterocycles. The maximum atomic E-state index is 12.5. The van der Waals surface area contributed by atoms with Gasteiger partial charge in [-0.05, 0) is 56.5 Å². The second-order valence-electron chi connectivity index (χ2n) is 7.77. The van der Waals surface area contributed by atoms with Crippen LogP contribution in [0.5, 0.6) is 0 Å². The van der Waals surface area contributed by atoms with Gasteiger partial charge in [-0.25, -0.2) is 4.79 Å². The van der Waals surface area contributed by atoms with Gasteiger partial charge in [0, 0.05) is 30.5 Å². The first-order chi connectivity index (χ1) is 13.7. The van der Waals surface area contributed by atoms with Crippen molar-refractivity contribution >= 4 is 23.6 Å². The van der Waals surface area contributed by atoms with Crippen molar-refractivity contribution in [1.29, 1.82) is 0 Å². The normalized spacial score (nSPS) is 11.0. The number of aromatic nitrogens is 1. The first kappa shape index (κ1) is 22.7. The Kier molecular flexibility index (Phi) is 8.46. The molecular weight excluding hydrogens is 390 g/mol. The minimum absolute atomic E-state index is 0.0663. The van der Waals surface area contributed by atoms with Gasteiger partial charge in [0.1, 0.15) is 5.60 Å². The van der Waals surface area contributed by atoms with E-state index in [1.165, 1.54) is 0 Å². The number of hydrogen-bond donors (Lipinski definition) is 1. The van der Waals surface area contributed by atoms with Crippen molar-refractivity contribution in [3.05, 3.63) is 64.9 Å². The van der Waals surface area contributed by atoms with Crippen molar-refractivity contribution in [2.24, 2.45) is 0 Å². The lowest BCUT2D eigenvalue weighted by molar-refractivity contribution is -0.120. The quantitative estimate of drug-likeness (QED) is 0.652. The molecule has 0 atom stereocenters. The topological polar surface area (TPSA) is 71.5 Å². The van der Waals surface area contributed by atoms with Gasteiger partial charge >= 0.3 is 6.09 Å². The molecule has 2 amide bonds. The number of ether oxygens (including phenoxy) is 1. The third-order valence-corrected chi connectivity index (χ3v) is 4.20. The van der Waals surface area contributed by atoms with E-state index in [1.54, 1.807) is 29.4 Å². The molecule has 7 heteroatoms. The molecule has 0 unspecified atom stereocenters. The summed E-state index contributed by atoms with van der Waals surface area (Å²) in [6, 6.07) is 10.9. The summed E-state index contributed by atoms with van der Waals surface area (Å²) in [6.07, 6.45) is 3.95. The number of rotatable bonds is 8. The monoisotopic (exact) mass is 417 g/mol. The molecule has 2 rings (SSSR count). The lowest BCUT2D eigenvalue weighted by Gasteiger charge is -2.27. The van der Waals surface area contributed by atoms with Crippen LogP contribution >= 0.6 is 11.6 Å². The Bertz CT molecular complexity index is 789. The van der Waals surface area contributed by atoms with E-state index in [1.807, 2.05) is 45.0 Å². The van der Waals surface area contributed by atoms with Gasteiger partial charge in [-0.1, -0.05) is 29.8 Å². The lowest BCUT2D eigenvalue weighted by atomic mass is 10.1. The number of hydrogen-bond acceptors (Lipinski definition) is 4. The molecule has 2 aromatic rings. The molecule has 0 spiro atoms. The molecule has 29 heavy (non-hydrogen) atoms. The molecule has 0 fully saturated rings.